The number of rotatable bonds is 7. The molecule has 0 atom stereocenters. The van der Waals surface area contributed by atoms with Gasteiger partial charge in [0, 0.05) is 12.1 Å². The molecule has 4 rings (SSSR count). The number of nitrogens with two attached hydrogens (primary N) is 2. The predicted octanol–water partition coefficient (Wildman–Crippen LogP) is 3.28. The number of primary amides is 1. The molecule has 5 N–H and O–H groups in total. The fraction of sp³-hybridized carbons (Fsp3) is 0.292. The van der Waals surface area contributed by atoms with E-state index in [9.17, 15) is 9.59 Å². The number of nitrogens with one attached hydrogen (secondary N) is 1. The third-order valence-corrected chi connectivity index (χ3v) is 5.90. The van der Waals surface area contributed by atoms with E-state index in [0.29, 0.717) is 29.4 Å². The van der Waals surface area contributed by atoms with Crippen molar-refractivity contribution in [2.24, 2.45) is 5.73 Å². The Hall–Kier alpha value is -3.81. The molecule has 166 valence electrons. The highest BCUT2D eigenvalue weighted by Gasteiger charge is 2.27. The number of para-hydroxylation sites is 1. The molecule has 1 saturated carbocycles. The van der Waals surface area contributed by atoms with Gasteiger partial charge in [-0.1, -0.05) is 49.2 Å². The van der Waals surface area contributed by atoms with Crippen LogP contribution in [0.15, 0.2) is 48.5 Å². The molecular weight excluding hydrogens is 406 g/mol. The van der Waals surface area contributed by atoms with Gasteiger partial charge in [-0.3, -0.25) is 9.59 Å². The minimum absolute atomic E-state index is 0.200. The van der Waals surface area contributed by atoms with Crippen molar-refractivity contribution in [1.29, 1.82) is 0 Å². The number of methoxy groups -OCH3 is 1. The third kappa shape index (κ3) is 4.16. The van der Waals surface area contributed by atoms with Gasteiger partial charge in [-0.25, -0.2) is 4.68 Å². The summed E-state index contributed by atoms with van der Waals surface area (Å²) < 4.78 is 7.00. The van der Waals surface area contributed by atoms with Crippen LogP contribution >= 0.6 is 0 Å². The van der Waals surface area contributed by atoms with E-state index in [0.717, 1.165) is 36.8 Å². The largest absolute Gasteiger partial charge is 0.496 e. The second-order valence-corrected chi connectivity index (χ2v) is 7.94. The van der Waals surface area contributed by atoms with Crippen LogP contribution in [0.1, 0.15) is 58.0 Å². The minimum Gasteiger partial charge on any atom is -0.496 e. The fourth-order valence-corrected chi connectivity index (χ4v) is 4.21. The van der Waals surface area contributed by atoms with Gasteiger partial charge in [0.05, 0.1) is 18.7 Å². The summed E-state index contributed by atoms with van der Waals surface area (Å²) in [6, 6.07) is 14.8. The first-order valence-electron chi connectivity index (χ1n) is 10.7. The van der Waals surface area contributed by atoms with Crippen molar-refractivity contribution in [1.82, 2.24) is 15.1 Å². The molecule has 1 aliphatic rings. The smallest absolute Gasteiger partial charge is 0.255 e. The zero-order valence-electron chi connectivity index (χ0n) is 18.0. The average molecular weight is 434 g/mol. The molecule has 0 saturated heterocycles. The lowest BCUT2D eigenvalue weighted by molar-refractivity contribution is 0.0946. The number of benzene rings is 2. The lowest BCUT2D eigenvalue weighted by Gasteiger charge is -2.11. The molecule has 1 heterocycles. The van der Waals surface area contributed by atoms with Gasteiger partial charge in [0.25, 0.3) is 11.8 Å². The molecule has 8 nitrogen and oxygen atoms in total. The normalized spacial score (nSPS) is 13.8. The lowest BCUT2D eigenvalue weighted by Crippen LogP contribution is -2.23. The second-order valence-electron chi connectivity index (χ2n) is 7.94. The van der Waals surface area contributed by atoms with E-state index < -0.39 is 5.91 Å². The Kier molecular flexibility index (Phi) is 6.11. The Morgan fingerprint density at radius 2 is 1.81 bits per heavy atom. The molecular formula is C24H27N5O3. The summed E-state index contributed by atoms with van der Waals surface area (Å²) in [4.78, 5) is 24.6. The van der Waals surface area contributed by atoms with Crippen LogP contribution < -0.4 is 21.5 Å². The number of hydrogen-bond acceptors (Lipinski definition) is 5. The summed E-state index contributed by atoms with van der Waals surface area (Å²) in [6.07, 6.45) is 4.24. The van der Waals surface area contributed by atoms with Crippen LogP contribution in [-0.4, -0.2) is 28.7 Å². The van der Waals surface area contributed by atoms with E-state index in [4.69, 9.17) is 16.2 Å². The van der Waals surface area contributed by atoms with E-state index in [1.165, 1.54) is 7.11 Å². The number of nitrogen functional groups attached to an aromatic ring is 1. The van der Waals surface area contributed by atoms with Gasteiger partial charge in [-0.15, -0.1) is 0 Å². The topological polar surface area (TPSA) is 125 Å². The number of carbonyl (C=O) groups is 2. The van der Waals surface area contributed by atoms with Crippen molar-refractivity contribution in [2.75, 3.05) is 12.8 Å². The van der Waals surface area contributed by atoms with Crippen molar-refractivity contribution >= 4 is 17.6 Å². The first-order chi connectivity index (χ1) is 15.5. The average Bonchev–Trinajstić information content (AvgIpc) is 3.45. The van der Waals surface area contributed by atoms with Gasteiger partial charge < -0.3 is 21.5 Å². The van der Waals surface area contributed by atoms with Gasteiger partial charge in [-0.05, 0) is 30.5 Å². The highest BCUT2D eigenvalue weighted by atomic mass is 16.5. The van der Waals surface area contributed by atoms with Crippen LogP contribution in [0.25, 0.3) is 11.3 Å². The Morgan fingerprint density at radius 1 is 1.12 bits per heavy atom. The Balaban J connectivity index is 1.52. The molecule has 1 aromatic heterocycles. The summed E-state index contributed by atoms with van der Waals surface area (Å²) in [7, 11) is 1.53. The first-order valence-corrected chi connectivity index (χ1v) is 10.7. The number of aromatic nitrogens is 2. The van der Waals surface area contributed by atoms with Crippen LogP contribution in [0.5, 0.6) is 5.75 Å². The number of anilines is 1. The number of ether oxygens (including phenoxy) is 1. The van der Waals surface area contributed by atoms with Crippen molar-refractivity contribution in [3.63, 3.8) is 0 Å². The van der Waals surface area contributed by atoms with Crippen LogP contribution in [0.4, 0.5) is 5.82 Å². The van der Waals surface area contributed by atoms with Gasteiger partial charge >= 0.3 is 0 Å². The molecule has 0 bridgehead atoms. The molecule has 3 aromatic rings. The van der Waals surface area contributed by atoms with E-state index in [1.54, 1.807) is 22.9 Å². The van der Waals surface area contributed by atoms with Crippen molar-refractivity contribution in [2.45, 2.75) is 38.3 Å². The number of carbonyl (C=O) groups excluding carboxylic acids is 2. The quantitative estimate of drug-likeness (QED) is 0.527. The highest BCUT2D eigenvalue weighted by Crippen LogP contribution is 2.35. The Bertz CT molecular complexity index is 1130. The monoisotopic (exact) mass is 433 g/mol. The number of amides is 2. The van der Waals surface area contributed by atoms with Crippen LogP contribution in [0.3, 0.4) is 0 Å². The molecule has 32 heavy (non-hydrogen) atoms. The molecule has 0 aliphatic heterocycles. The molecule has 2 aromatic carbocycles. The summed E-state index contributed by atoms with van der Waals surface area (Å²) >= 11 is 0. The van der Waals surface area contributed by atoms with Crippen molar-refractivity contribution < 1.29 is 14.3 Å². The van der Waals surface area contributed by atoms with E-state index in [1.807, 2.05) is 30.3 Å². The van der Waals surface area contributed by atoms with Gasteiger partial charge in [0.1, 0.15) is 22.8 Å². The number of nitrogens with zero attached hydrogens (tertiary/aromatic N) is 2. The maximum Gasteiger partial charge on any atom is 0.255 e. The molecule has 8 heteroatoms. The SMILES string of the molecule is COc1ccccc1C(=O)NCc1ccc(-c2nn(C3CCCC3)c(N)c2C(N)=O)cc1. The molecule has 0 unspecified atom stereocenters. The summed E-state index contributed by atoms with van der Waals surface area (Å²) in [5, 5.41) is 7.55. The summed E-state index contributed by atoms with van der Waals surface area (Å²) in [6.45, 7) is 0.346. The molecule has 1 fully saturated rings. The summed E-state index contributed by atoms with van der Waals surface area (Å²) in [5.41, 5.74) is 14.8. The summed E-state index contributed by atoms with van der Waals surface area (Å²) in [5.74, 6) is 0.0443. The zero-order valence-corrected chi connectivity index (χ0v) is 18.0. The van der Waals surface area contributed by atoms with Gasteiger partial charge in [0.15, 0.2) is 0 Å². The molecule has 0 spiro atoms. The van der Waals surface area contributed by atoms with Gasteiger partial charge in [0.2, 0.25) is 0 Å². The van der Waals surface area contributed by atoms with Gasteiger partial charge in [-0.2, -0.15) is 5.10 Å². The van der Waals surface area contributed by atoms with E-state index in [-0.39, 0.29) is 17.5 Å². The first kappa shape index (κ1) is 21.4. The van der Waals surface area contributed by atoms with Crippen LogP contribution in [0, 0.1) is 0 Å². The molecule has 0 radical (unpaired) electrons. The van der Waals surface area contributed by atoms with Crippen LogP contribution in [-0.2, 0) is 6.54 Å². The van der Waals surface area contributed by atoms with E-state index >= 15 is 0 Å². The highest BCUT2D eigenvalue weighted by molar-refractivity contribution is 6.03. The Morgan fingerprint density at radius 3 is 2.47 bits per heavy atom. The van der Waals surface area contributed by atoms with E-state index in [2.05, 4.69) is 10.4 Å². The molecule has 1 aliphatic carbocycles. The second kappa shape index (κ2) is 9.13. The van der Waals surface area contributed by atoms with Crippen molar-refractivity contribution in [3.8, 4) is 17.0 Å². The van der Waals surface area contributed by atoms with Crippen molar-refractivity contribution in [3.05, 3.63) is 65.2 Å². The lowest BCUT2D eigenvalue weighted by atomic mass is 10.0. The Labute approximate surface area is 186 Å². The van der Waals surface area contributed by atoms with Crippen LogP contribution in [0.2, 0.25) is 0 Å². The molecule has 2 amide bonds. The number of hydrogen-bond donors (Lipinski definition) is 3. The maximum atomic E-state index is 12.5. The minimum atomic E-state index is -0.588. The standard InChI is InChI=1S/C24H27N5O3/c1-32-19-9-5-4-8-18(19)24(31)27-14-15-10-12-16(13-11-15)21-20(23(26)30)22(25)29(28-21)17-6-2-3-7-17/h4-5,8-13,17H,2-3,6-7,14,25H2,1H3,(H2,26,30)(H,27,31). The fourth-order valence-electron chi connectivity index (χ4n) is 4.21. The third-order valence-electron chi connectivity index (χ3n) is 5.90. The zero-order chi connectivity index (χ0) is 22.7. The predicted molar refractivity (Wildman–Crippen MR) is 122 cm³/mol. The maximum absolute atomic E-state index is 12.5.